The Bertz CT molecular complexity index is 1420. The van der Waals surface area contributed by atoms with Gasteiger partial charge in [-0.05, 0) is 28.3 Å². The van der Waals surface area contributed by atoms with E-state index in [-0.39, 0.29) is 11.5 Å². The third-order valence-corrected chi connectivity index (χ3v) is 19.2. The summed E-state index contributed by atoms with van der Waals surface area (Å²) >= 11 is 8.47. The number of nitrogens with zero attached hydrogens (tertiary/aromatic N) is 1. The molecule has 40 heavy (non-hydrogen) atoms. The molecule has 213 valence electrons. The standard InChI is InChI=1S/C28H34N2O5PS3Si/c1-19-17-30(27(32)29-26(19)31)25-16-23(35-36(37)38-14-15-39-36)24(34-25)18-33-40(21-8-6-5-7-9-21)22-12-10-20(11-13-22)28(2,3)4/h5-13,17,23-25,37H,14-16,18H2,1-4H3/p+1/t23-,24+,25+/m0/s1. The molecule has 0 bridgehead atoms. The largest absolute Gasteiger partial charge is 0.405 e. The quantitative estimate of drug-likeness (QED) is 0.211. The highest BCUT2D eigenvalue weighted by molar-refractivity contribution is 9.15. The first-order valence-corrected chi connectivity index (χ1v) is 20.7. The molecule has 1 radical (unpaired) electrons. The fourth-order valence-electron chi connectivity index (χ4n) is 4.72. The smallest absolute Gasteiger partial charge is 0.330 e. The highest BCUT2D eigenvalue weighted by atomic mass is 33.4. The maximum Gasteiger partial charge on any atom is 0.330 e. The predicted octanol–water partition coefficient (Wildman–Crippen LogP) is 4.73. The average Bonchev–Trinajstić information content (AvgIpc) is 3.52. The van der Waals surface area contributed by atoms with E-state index in [0.717, 1.165) is 21.9 Å². The van der Waals surface area contributed by atoms with Crippen LogP contribution in [0.1, 0.15) is 44.5 Å². The van der Waals surface area contributed by atoms with Gasteiger partial charge in [0.15, 0.2) is 0 Å². The van der Waals surface area contributed by atoms with Crippen molar-refractivity contribution in [3.63, 3.8) is 0 Å². The Kier molecular flexibility index (Phi) is 9.44. The number of rotatable bonds is 8. The fourth-order valence-corrected chi connectivity index (χ4v) is 16.3. The van der Waals surface area contributed by atoms with Crippen LogP contribution in [0.15, 0.2) is 70.4 Å². The van der Waals surface area contributed by atoms with Gasteiger partial charge in [0.1, 0.15) is 18.4 Å². The fraction of sp³-hybridized carbons (Fsp3) is 0.429. The van der Waals surface area contributed by atoms with E-state index in [1.165, 1.54) is 10.1 Å². The van der Waals surface area contributed by atoms with E-state index in [1.54, 1.807) is 35.9 Å². The molecule has 3 heterocycles. The number of H-pyrrole nitrogens is 1. The van der Waals surface area contributed by atoms with E-state index < -0.39 is 37.7 Å². The Balaban J connectivity index is 1.41. The molecule has 2 fully saturated rings. The molecule has 2 aliphatic rings. The Hall–Kier alpha value is -1.30. The van der Waals surface area contributed by atoms with Gasteiger partial charge < -0.3 is 9.16 Å². The van der Waals surface area contributed by atoms with Crippen molar-refractivity contribution >= 4 is 59.5 Å². The zero-order chi connectivity index (χ0) is 28.5. The van der Waals surface area contributed by atoms with Crippen LogP contribution in [0.2, 0.25) is 0 Å². The summed E-state index contributed by atoms with van der Waals surface area (Å²) in [5.41, 5.74) is 0.912. The summed E-state index contributed by atoms with van der Waals surface area (Å²) in [5, 5.41) is 0.321. The Labute approximate surface area is 250 Å². The van der Waals surface area contributed by atoms with E-state index in [1.807, 2.05) is 18.2 Å². The van der Waals surface area contributed by atoms with Crippen LogP contribution in [0.4, 0.5) is 0 Å². The third-order valence-electron chi connectivity index (χ3n) is 6.94. The minimum Gasteiger partial charge on any atom is -0.405 e. The molecule has 0 unspecified atom stereocenters. The van der Waals surface area contributed by atoms with Gasteiger partial charge in [0.25, 0.3) is 14.6 Å². The predicted molar refractivity (Wildman–Crippen MR) is 173 cm³/mol. The van der Waals surface area contributed by atoms with Crippen molar-refractivity contribution in [3.8, 4) is 0 Å². The lowest BCUT2D eigenvalue weighted by Crippen LogP contribution is -2.47. The summed E-state index contributed by atoms with van der Waals surface area (Å²) in [4.78, 5) is 27.0. The Morgan fingerprint density at radius 2 is 1.73 bits per heavy atom. The van der Waals surface area contributed by atoms with Gasteiger partial charge in [0.2, 0.25) is 0 Å². The van der Waals surface area contributed by atoms with E-state index >= 15 is 0 Å². The number of hydrogen-bond acceptors (Lipinski definition) is 8. The third kappa shape index (κ3) is 7.01. The summed E-state index contributed by atoms with van der Waals surface area (Å²) in [6, 6.07) is 19.0. The molecular formula is C28H35N2O5PS3Si+. The van der Waals surface area contributed by atoms with Crippen LogP contribution in [-0.4, -0.2) is 48.9 Å². The number of aromatic amines is 1. The molecule has 0 amide bonds. The molecule has 0 spiro atoms. The van der Waals surface area contributed by atoms with Crippen molar-refractivity contribution in [2.75, 3.05) is 18.1 Å². The average molecular weight is 635 g/mol. The summed E-state index contributed by atoms with van der Waals surface area (Å²) < 4.78 is 21.3. The van der Waals surface area contributed by atoms with Gasteiger partial charge in [0.05, 0.1) is 41.6 Å². The Morgan fingerprint density at radius 1 is 1.07 bits per heavy atom. The maximum absolute atomic E-state index is 12.7. The summed E-state index contributed by atoms with van der Waals surface area (Å²) in [6.07, 6.45) is 0.768. The van der Waals surface area contributed by atoms with Crippen molar-refractivity contribution in [2.45, 2.75) is 58.0 Å². The first kappa shape index (κ1) is 30.2. The minimum atomic E-state index is -1.98. The van der Waals surface area contributed by atoms with Crippen LogP contribution >= 0.6 is 40.1 Å². The molecule has 3 atom stereocenters. The normalized spacial score (nSPS) is 22.7. The number of hydrogen-bond donors (Lipinski definition) is 2. The van der Waals surface area contributed by atoms with Gasteiger partial charge in [-0.15, -0.1) is 0 Å². The van der Waals surface area contributed by atoms with E-state index in [2.05, 4.69) is 62.2 Å². The monoisotopic (exact) mass is 634 g/mol. The topological polar surface area (TPSA) is 82.6 Å². The van der Waals surface area contributed by atoms with E-state index in [9.17, 15) is 9.59 Å². The van der Waals surface area contributed by atoms with Crippen LogP contribution in [0.25, 0.3) is 0 Å². The number of aryl methyl sites for hydroxylation is 1. The lowest BCUT2D eigenvalue weighted by Gasteiger charge is -2.24. The molecule has 2 aliphatic heterocycles. The van der Waals surface area contributed by atoms with Crippen LogP contribution in [0, 0.1) is 6.92 Å². The van der Waals surface area contributed by atoms with Crippen LogP contribution in [-0.2, 0) is 19.1 Å². The second kappa shape index (κ2) is 12.5. The molecular weight excluding hydrogens is 600 g/mol. The van der Waals surface area contributed by atoms with Crippen LogP contribution in [0.3, 0.4) is 0 Å². The molecule has 1 N–H and O–H groups in total. The molecule has 3 aromatic rings. The zero-order valence-electron chi connectivity index (χ0n) is 23.0. The van der Waals surface area contributed by atoms with Gasteiger partial charge >= 0.3 is 10.8 Å². The molecule has 0 saturated carbocycles. The van der Waals surface area contributed by atoms with Crippen molar-refractivity contribution in [1.82, 2.24) is 9.55 Å². The summed E-state index contributed by atoms with van der Waals surface area (Å²) in [5.74, 6) is 2.01. The molecule has 5 rings (SSSR count). The van der Waals surface area contributed by atoms with Gasteiger partial charge in [-0.25, -0.2) is 4.79 Å². The second-order valence-electron chi connectivity index (χ2n) is 11.0. The highest BCUT2D eigenvalue weighted by Crippen LogP contribution is 2.87. The minimum absolute atomic E-state index is 0.0661. The van der Waals surface area contributed by atoms with Gasteiger partial charge in [-0.3, -0.25) is 14.3 Å². The van der Waals surface area contributed by atoms with Crippen molar-refractivity contribution < 1.29 is 13.7 Å². The lowest BCUT2D eigenvalue weighted by molar-refractivity contribution is -0.0356. The maximum atomic E-state index is 12.7. The number of aromatic nitrogens is 2. The summed E-state index contributed by atoms with van der Waals surface area (Å²) in [7, 11) is -1.59. The number of benzene rings is 2. The number of thiol groups is 1. The van der Waals surface area contributed by atoms with Crippen LogP contribution in [0.5, 0.6) is 0 Å². The summed E-state index contributed by atoms with van der Waals surface area (Å²) in [6.45, 7) is 8.62. The van der Waals surface area contributed by atoms with Crippen molar-refractivity contribution in [3.05, 3.63) is 92.8 Å². The van der Waals surface area contributed by atoms with Crippen molar-refractivity contribution in [1.29, 1.82) is 0 Å². The van der Waals surface area contributed by atoms with Gasteiger partial charge in [0, 0.05) is 29.7 Å². The lowest BCUT2D eigenvalue weighted by atomic mass is 9.87. The van der Waals surface area contributed by atoms with Crippen LogP contribution < -0.4 is 21.6 Å². The number of ether oxygens (including phenoxy) is 1. The SMILES string of the molecule is Cc1cn([C@H]2C[C@H](O[P+]3(S)SCCS3)[C@@H](CO[Si](c3ccccc3)c3ccc(C(C)(C)C)cc3)O2)c(=O)[nH]c1=O. The van der Waals surface area contributed by atoms with Gasteiger partial charge in [-0.2, -0.15) is 4.52 Å². The zero-order valence-corrected chi connectivity index (χ0v) is 27.5. The van der Waals surface area contributed by atoms with Crippen molar-refractivity contribution in [2.24, 2.45) is 0 Å². The molecule has 2 saturated heterocycles. The van der Waals surface area contributed by atoms with E-state index in [4.69, 9.17) is 25.9 Å². The molecule has 12 heteroatoms. The molecule has 2 aromatic carbocycles. The highest BCUT2D eigenvalue weighted by Gasteiger charge is 2.51. The molecule has 0 aliphatic carbocycles. The molecule has 1 aromatic heterocycles. The first-order valence-electron chi connectivity index (χ1n) is 13.3. The second-order valence-corrected chi connectivity index (χ2v) is 24.2. The Morgan fingerprint density at radius 3 is 2.38 bits per heavy atom. The molecule has 7 nitrogen and oxygen atoms in total. The first-order chi connectivity index (χ1) is 19.0. The number of nitrogens with one attached hydrogen (secondary N) is 1. The van der Waals surface area contributed by atoms with Gasteiger partial charge in [-0.1, -0.05) is 75.4 Å². The van der Waals surface area contributed by atoms with E-state index in [0.29, 0.717) is 18.6 Å².